The normalized spacial score (nSPS) is 20.0. The van der Waals surface area contributed by atoms with E-state index in [2.05, 4.69) is 11.9 Å². The summed E-state index contributed by atoms with van der Waals surface area (Å²) < 4.78 is 30.1. The maximum atomic E-state index is 12.3. The van der Waals surface area contributed by atoms with Crippen molar-refractivity contribution in [2.45, 2.75) is 63.3 Å². The van der Waals surface area contributed by atoms with Crippen molar-refractivity contribution in [2.75, 3.05) is 18.9 Å². The minimum Gasteiger partial charge on any atom is -0.489 e. The molecule has 1 N–H and O–H groups in total. The number of aliphatic hydroxyl groups excluding tert-OH is 1. The molecule has 152 valence electrons. The Morgan fingerprint density at radius 3 is 2.81 bits per heavy atom. The lowest BCUT2D eigenvalue weighted by Crippen LogP contribution is -2.37. The second-order valence-corrected chi connectivity index (χ2v) is 9.15. The van der Waals surface area contributed by atoms with Gasteiger partial charge >= 0.3 is 0 Å². The third-order valence-corrected chi connectivity index (χ3v) is 6.70. The van der Waals surface area contributed by atoms with Crippen LogP contribution in [0, 0.1) is 0 Å². The Hall–Kier alpha value is -1.67. The molecule has 1 aliphatic heterocycles. The number of aromatic nitrogens is 1. The topological polar surface area (TPSA) is 96.8 Å². The van der Waals surface area contributed by atoms with Gasteiger partial charge in [-0.2, -0.15) is 0 Å². The van der Waals surface area contributed by atoms with Crippen molar-refractivity contribution in [3.8, 4) is 5.75 Å². The SMILES string of the molecule is CCCCCCCN1C(=O)CS(=O)(=O)C1CCC(O)COc1cccnc1. The number of sulfone groups is 1. The van der Waals surface area contributed by atoms with Crippen LogP contribution in [0.25, 0.3) is 0 Å². The molecule has 1 saturated heterocycles. The second kappa shape index (κ2) is 10.6. The average Bonchev–Trinajstić information content (AvgIpc) is 2.86. The lowest BCUT2D eigenvalue weighted by molar-refractivity contribution is -0.128. The van der Waals surface area contributed by atoms with Crippen LogP contribution >= 0.6 is 0 Å². The monoisotopic (exact) mass is 398 g/mol. The van der Waals surface area contributed by atoms with Crippen LogP contribution in [0.2, 0.25) is 0 Å². The number of rotatable bonds is 12. The number of unbranched alkanes of at least 4 members (excludes halogenated alkanes) is 4. The van der Waals surface area contributed by atoms with E-state index in [4.69, 9.17) is 4.74 Å². The molecule has 1 aromatic heterocycles. The zero-order valence-corrected chi connectivity index (χ0v) is 16.7. The summed E-state index contributed by atoms with van der Waals surface area (Å²) in [5, 5.41) is 9.29. The molecule has 1 fully saturated rings. The van der Waals surface area contributed by atoms with E-state index in [0.717, 1.165) is 32.1 Å². The highest BCUT2D eigenvalue weighted by Crippen LogP contribution is 2.24. The number of amides is 1. The van der Waals surface area contributed by atoms with E-state index in [1.807, 2.05) is 0 Å². The van der Waals surface area contributed by atoms with Gasteiger partial charge < -0.3 is 14.7 Å². The van der Waals surface area contributed by atoms with Crippen LogP contribution in [0.15, 0.2) is 24.5 Å². The molecule has 0 bridgehead atoms. The molecule has 2 rings (SSSR count). The molecule has 0 spiro atoms. The molecule has 2 heterocycles. The number of nitrogens with zero attached hydrogens (tertiary/aromatic N) is 2. The fraction of sp³-hybridized carbons (Fsp3) is 0.684. The van der Waals surface area contributed by atoms with E-state index >= 15 is 0 Å². The number of hydrogen-bond acceptors (Lipinski definition) is 6. The standard InChI is InChI=1S/C19H30N2O5S/c1-2-3-4-5-6-12-21-18(23)15-27(24,25)19(21)10-9-16(22)14-26-17-8-7-11-20-13-17/h7-8,11,13,16,19,22H,2-6,9-10,12,14-15H2,1H3. The summed E-state index contributed by atoms with van der Waals surface area (Å²) in [7, 11) is -3.48. The van der Waals surface area contributed by atoms with Crippen molar-refractivity contribution in [1.82, 2.24) is 9.88 Å². The molecule has 7 nitrogen and oxygen atoms in total. The molecule has 0 radical (unpaired) electrons. The zero-order chi connectivity index (χ0) is 19.7. The van der Waals surface area contributed by atoms with Gasteiger partial charge in [0.05, 0.1) is 12.3 Å². The van der Waals surface area contributed by atoms with E-state index in [0.29, 0.717) is 12.3 Å². The minimum atomic E-state index is -3.48. The van der Waals surface area contributed by atoms with Crippen molar-refractivity contribution >= 4 is 15.7 Å². The molecule has 1 aromatic rings. The summed E-state index contributed by atoms with van der Waals surface area (Å²) in [5.41, 5.74) is 0. The largest absolute Gasteiger partial charge is 0.489 e. The number of carbonyl (C=O) groups is 1. The zero-order valence-electron chi connectivity index (χ0n) is 15.9. The summed E-state index contributed by atoms with van der Waals surface area (Å²) in [6.07, 6.45) is 8.04. The van der Waals surface area contributed by atoms with Gasteiger partial charge in [0, 0.05) is 12.7 Å². The summed E-state index contributed by atoms with van der Waals surface area (Å²) in [4.78, 5) is 17.5. The van der Waals surface area contributed by atoms with Crippen LogP contribution in [0.5, 0.6) is 5.75 Å². The van der Waals surface area contributed by atoms with E-state index < -0.39 is 27.1 Å². The Morgan fingerprint density at radius 2 is 2.11 bits per heavy atom. The highest BCUT2D eigenvalue weighted by atomic mass is 32.2. The van der Waals surface area contributed by atoms with Gasteiger partial charge in [-0.05, 0) is 31.4 Å². The Balaban J connectivity index is 1.82. The third kappa shape index (κ3) is 6.77. The maximum Gasteiger partial charge on any atom is 0.238 e. The summed E-state index contributed by atoms with van der Waals surface area (Å²) in [5.74, 6) is -0.194. The molecular formula is C19H30N2O5S. The average molecular weight is 399 g/mol. The molecule has 1 aliphatic rings. The first kappa shape index (κ1) is 21.6. The molecule has 1 amide bonds. The van der Waals surface area contributed by atoms with Gasteiger partial charge in [0.25, 0.3) is 0 Å². The van der Waals surface area contributed by atoms with Crippen LogP contribution in [0.4, 0.5) is 0 Å². The third-order valence-electron chi connectivity index (χ3n) is 4.73. The Kier molecular flexibility index (Phi) is 8.50. The van der Waals surface area contributed by atoms with Crippen molar-refractivity contribution in [2.24, 2.45) is 0 Å². The fourth-order valence-corrected chi connectivity index (χ4v) is 5.05. The number of ether oxygens (including phenoxy) is 1. The van der Waals surface area contributed by atoms with E-state index in [1.54, 1.807) is 24.5 Å². The summed E-state index contributed by atoms with van der Waals surface area (Å²) in [6.45, 7) is 2.66. The molecule has 8 heteroatoms. The predicted octanol–water partition coefficient (Wildman–Crippen LogP) is 2.16. The van der Waals surface area contributed by atoms with Crippen molar-refractivity contribution in [1.29, 1.82) is 0 Å². The van der Waals surface area contributed by atoms with Gasteiger partial charge in [-0.15, -0.1) is 0 Å². The Bertz CT molecular complexity index is 681. The number of carbonyl (C=O) groups excluding carboxylic acids is 1. The van der Waals surface area contributed by atoms with Crippen LogP contribution in [0.1, 0.15) is 51.9 Å². The van der Waals surface area contributed by atoms with E-state index in [-0.39, 0.29) is 25.4 Å². The minimum absolute atomic E-state index is 0.0590. The highest BCUT2D eigenvalue weighted by Gasteiger charge is 2.43. The molecule has 2 unspecified atom stereocenters. The summed E-state index contributed by atoms with van der Waals surface area (Å²) >= 11 is 0. The van der Waals surface area contributed by atoms with Crippen molar-refractivity contribution < 1.29 is 23.1 Å². The number of hydrogen-bond donors (Lipinski definition) is 1. The van der Waals surface area contributed by atoms with E-state index in [1.165, 1.54) is 4.90 Å². The Labute approximate surface area is 161 Å². The lowest BCUT2D eigenvalue weighted by atomic mass is 10.1. The molecular weight excluding hydrogens is 368 g/mol. The Morgan fingerprint density at radius 1 is 1.33 bits per heavy atom. The molecule has 0 saturated carbocycles. The second-order valence-electron chi connectivity index (χ2n) is 6.99. The van der Waals surface area contributed by atoms with Gasteiger partial charge in [0.2, 0.25) is 5.91 Å². The van der Waals surface area contributed by atoms with Crippen LogP contribution in [-0.2, 0) is 14.6 Å². The molecule has 27 heavy (non-hydrogen) atoms. The van der Waals surface area contributed by atoms with Gasteiger partial charge in [-0.3, -0.25) is 9.78 Å². The van der Waals surface area contributed by atoms with Gasteiger partial charge in [0.15, 0.2) is 9.84 Å². The highest BCUT2D eigenvalue weighted by molar-refractivity contribution is 7.93. The van der Waals surface area contributed by atoms with Gasteiger partial charge in [0.1, 0.15) is 23.5 Å². The maximum absolute atomic E-state index is 12.3. The van der Waals surface area contributed by atoms with Gasteiger partial charge in [-0.1, -0.05) is 32.6 Å². The molecule has 2 atom stereocenters. The van der Waals surface area contributed by atoms with Crippen LogP contribution in [-0.4, -0.2) is 59.7 Å². The predicted molar refractivity (Wildman–Crippen MR) is 103 cm³/mol. The lowest BCUT2D eigenvalue weighted by Gasteiger charge is -2.24. The van der Waals surface area contributed by atoms with Crippen LogP contribution in [0.3, 0.4) is 0 Å². The molecule has 0 aromatic carbocycles. The fourth-order valence-electron chi connectivity index (χ4n) is 3.24. The van der Waals surface area contributed by atoms with E-state index in [9.17, 15) is 18.3 Å². The first-order valence-corrected chi connectivity index (χ1v) is 11.4. The van der Waals surface area contributed by atoms with Crippen LogP contribution < -0.4 is 4.74 Å². The number of aliphatic hydroxyl groups is 1. The van der Waals surface area contributed by atoms with Crippen molar-refractivity contribution in [3.05, 3.63) is 24.5 Å². The first-order chi connectivity index (χ1) is 12.9. The van der Waals surface area contributed by atoms with Crippen molar-refractivity contribution in [3.63, 3.8) is 0 Å². The first-order valence-electron chi connectivity index (χ1n) is 9.66. The summed E-state index contributed by atoms with van der Waals surface area (Å²) in [6, 6.07) is 3.47. The number of pyridine rings is 1. The van der Waals surface area contributed by atoms with Gasteiger partial charge in [-0.25, -0.2) is 8.42 Å². The molecule has 0 aliphatic carbocycles. The smallest absolute Gasteiger partial charge is 0.238 e. The quantitative estimate of drug-likeness (QED) is 0.542.